The van der Waals surface area contributed by atoms with E-state index < -0.39 is 0 Å². The van der Waals surface area contributed by atoms with Gasteiger partial charge in [-0.1, -0.05) is 43.5 Å². The lowest BCUT2D eigenvalue weighted by molar-refractivity contribution is 0.475. The maximum atomic E-state index is 9.84. The SMILES string of the molecule is CCCCCN(c1cccc(O)c1)c1c(C)cc(C)cc1C. The van der Waals surface area contributed by atoms with Crippen molar-refractivity contribution in [2.45, 2.75) is 47.0 Å². The highest BCUT2D eigenvalue weighted by atomic mass is 16.3. The van der Waals surface area contributed by atoms with Crippen LogP contribution in [0.15, 0.2) is 36.4 Å². The number of nitrogens with zero attached hydrogens (tertiary/aromatic N) is 1. The van der Waals surface area contributed by atoms with Crippen LogP contribution in [0.1, 0.15) is 42.9 Å². The third kappa shape index (κ3) is 3.82. The summed E-state index contributed by atoms with van der Waals surface area (Å²) in [6, 6.07) is 12.0. The van der Waals surface area contributed by atoms with Crippen molar-refractivity contribution in [3.63, 3.8) is 0 Å². The molecule has 0 radical (unpaired) electrons. The molecule has 0 aliphatic carbocycles. The summed E-state index contributed by atoms with van der Waals surface area (Å²) in [5.74, 6) is 0.320. The first kappa shape index (κ1) is 16.4. The van der Waals surface area contributed by atoms with E-state index in [0.717, 1.165) is 18.7 Å². The summed E-state index contributed by atoms with van der Waals surface area (Å²) >= 11 is 0. The molecule has 0 amide bonds. The fraction of sp³-hybridized carbons (Fsp3) is 0.400. The molecule has 118 valence electrons. The second-order valence-corrected chi connectivity index (χ2v) is 6.13. The number of benzene rings is 2. The van der Waals surface area contributed by atoms with Crippen molar-refractivity contribution in [2.24, 2.45) is 0 Å². The van der Waals surface area contributed by atoms with Gasteiger partial charge in [0.05, 0.1) is 0 Å². The highest BCUT2D eigenvalue weighted by Crippen LogP contribution is 2.34. The maximum Gasteiger partial charge on any atom is 0.117 e. The molecular weight excluding hydrogens is 270 g/mol. The van der Waals surface area contributed by atoms with Crippen molar-refractivity contribution in [2.75, 3.05) is 11.4 Å². The Morgan fingerprint density at radius 3 is 2.23 bits per heavy atom. The van der Waals surface area contributed by atoms with Gasteiger partial charge in [0, 0.05) is 24.0 Å². The minimum absolute atomic E-state index is 0.320. The number of hydrogen-bond acceptors (Lipinski definition) is 2. The minimum Gasteiger partial charge on any atom is -0.508 e. The van der Waals surface area contributed by atoms with Crippen molar-refractivity contribution >= 4 is 11.4 Å². The van der Waals surface area contributed by atoms with Crippen molar-refractivity contribution < 1.29 is 5.11 Å². The van der Waals surface area contributed by atoms with Gasteiger partial charge in [-0.05, 0) is 50.5 Å². The van der Waals surface area contributed by atoms with Crippen LogP contribution in [0.4, 0.5) is 11.4 Å². The topological polar surface area (TPSA) is 23.5 Å². The number of aryl methyl sites for hydroxylation is 3. The fourth-order valence-corrected chi connectivity index (χ4v) is 3.15. The highest BCUT2D eigenvalue weighted by molar-refractivity contribution is 5.70. The molecule has 0 bridgehead atoms. The Labute approximate surface area is 134 Å². The number of anilines is 2. The van der Waals surface area contributed by atoms with E-state index in [4.69, 9.17) is 0 Å². The number of hydrogen-bond donors (Lipinski definition) is 1. The first-order valence-corrected chi connectivity index (χ1v) is 8.17. The molecule has 0 spiro atoms. The van der Waals surface area contributed by atoms with E-state index in [-0.39, 0.29) is 0 Å². The van der Waals surface area contributed by atoms with E-state index >= 15 is 0 Å². The van der Waals surface area contributed by atoms with Gasteiger partial charge in [0.1, 0.15) is 5.75 Å². The summed E-state index contributed by atoms with van der Waals surface area (Å²) in [5.41, 5.74) is 6.20. The molecule has 2 aromatic rings. The molecule has 0 saturated carbocycles. The predicted octanol–water partition coefficient (Wildman–Crippen LogP) is 5.65. The molecule has 22 heavy (non-hydrogen) atoms. The highest BCUT2D eigenvalue weighted by Gasteiger charge is 2.15. The molecule has 0 unspecified atom stereocenters. The monoisotopic (exact) mass is 297 g/mol. The molecule has 0 aromatic heterocycles. The molecule has 0 fully saturated rings. The normalized spacial score (nSPS) is 10.7. The van der Waals surface area contributed by atoms with Gasteiger partial charge in [-0.2, -0.15) is 0 Å². The minimum atomic E-state index is 0.320. The van der Waals surface area contributed by atoms with Crippen molar-refractivity contribution in [1.82, 2.24) is 0 Å². The molecule has 0 saturated heterocycles. The number of unbranched alkanes of at least 4 members (excludes halogenated alkanes) is 2. The number of aromatic hydroxyl groups is 1. The van der Waals surface area contributed by atoms with Crippen LogP contribution in [-0.2, 0) is 0 Å². The van der Waals surface area contributed by atoms with Gasteiger partial charge in [-0.3, -0.25) is 0 Å². The fourth-order valence-electron chi connectivity index (χ4n) is 3.15. The summed E-state index contributed by atoms with van der Waals surface area (Å²) in [6.45, 7) is 9.68. The zero-order chi connectivity index (χ0) is 16.1. The van der Waals surface area contributed by atoms with E-state index in [2.05, 4.69) is 50.8 Å². The van der Waals surface area contributed by atoms with E-state index in [1.807, 2.05) is 12.1 Å². The van der Waals surface area contributed by atoms with Gasteiger partial charge in [0.15, 0.2) is 0 Å². The Balaban J connectivity index is 2.44. The van der Waals surface area contributed by atoms with E-state index in [1.54, 1.807) is 6.07 Å². The van der Waals surface area contributed by atoms with E-state index in [9.17, 15) is 5.11 Å². The van der Waals surface area contributed by atoms with Crippen LogP contribution >= 0.6 is 0 Å². The summed E-state index contributed by atoms with van der Waals surface area (Å²) in [4.78, 5) is 2.35. The van der Waals surface area contributed by atoms with Crippen LogP contribution in [0.2, 0.25) is 0 Å². The Morgan fingerprint density at radius 1 is 0.955 bits per heavy atom. The van der Waals surface area contributed by atoms with Crippen LogP contribution in [0.25, 0.3) is 0 Å². The Morgan fingerprint density at radius 2 is 1.64 bits per heavy atom. The van der Waals surface area contributed by atoms with Gasteiger partial charge >= 0.3 is 0 Å². The zero-order valence-corrected chi connectivity index (χ0v) is 14.2. The van der Waals surface area contributed by atoms with Crippen molar-refractivity contribution in [1.29, 1.82) is 0 Å². The van der Waals surface area contributed by atoms with Crippen molar-refractivity contribution in [3.05, 3.63) is 53.1 Å². The van der Waals surface area contributed by atoms with Crippen LogP contribution in [0.3, 0.4) is 0 Å². The van der Waals surface area contributed by atoms with Crippen LogP contribution in [0, 0.1) is 20.8 Å². The summed E-state index contributed by atoms with van der Waals surface area (Å²) in [6.07, 6.45) is 3.58. The van der Waals surface area contributed by atoms with Gasteiger partial charge in [0.2, 0.25) is 0 Å². The van der Waals surface area contributed by atoms with Gasteiger partial charge < -0.3 is 10.0 Å². The summed E-state index contributed by atoms with van der Waals surface area (Å²) in [5, 5.41) is 9.84. The van der Waals surface area contributed by atoms with Gasteiger partial charge in [-0.25, -0.2) is 0 Å². The number of rotatable bonds is 6. The number of phenols is 1. The largest absolute Gasteiger partial charge is 0.508 e. The molecule has 0 aliphatic rings. The van der Waals surface area contributed by atoms with Crippen LogP contribution in [-0.4, -0.2) is 11.7 Å². The molecule has 1 N–H and O–H groups in total. The molecule has 0 aliphatic heterocycles. The average Bonchev–Trinajstić information content (AvgIpc) is 2.44. The van der Waals surface area contributed by atoms with E-state index in [0.29, 0.717) is 5.75 Å². The summed E-state index contributed by atoms with van der Waals surface area (Å²) in [7, 11) is 0. The second-order valence-electron chi connectivity index (χ2n) is 6.13. The van der Waals surface area contributed by atoms with Gasteiger partial charge in [-0.15, -0.1) is 0 Å². The maximum absolute atomic E-state index is 9.84. The Bertz CT molecular complexity index is 610. The first-order chi connectivity index (χ1) is 10.5. The van der Waals surface area contributed by atoms with Crippen molar-refractivity contribution in [3.8, 4) is 5.75 Å². The molecule has 2 rings (SSSR count). The number of phenolic OH excluding ortho intramolecular Hbond substituents is 1. The molecule has 2 nitrogen and oxygen atoms in total. The molecule has 2 heteroatoms. The molecule has 0 heterocycles. The Hall–Kier alpha value is -1.96. The third-order valence-electron chi connectivity index (χ3n) is 4.03. The zero-order valence-electron chi connectivity index (χ0n) is 14.2. The standard InChI is InChI=1S/C20H27NO/c1-5-6-7-11-21(18-9-8-10-19(22)14-18)20-16(3)12-15(2)13-17(20)4/h8-10,12-14,22H,5-7,11H2,1-4H3. The second kappa shape index (κ2) is 7.35. The average molecular weight is 297 g/mol. The lowest BCUT2D eigenvalue weighted by Crippen LogP contribution is -2.20. The van der Waals surface area contributed by atoms with Gasteiger partial charge in [0.25, 0.3) is 0 Å². The van der Waals surface area contributed by atoms with Crippen LogP contribution in [0.5, 0.6) is 5.75 Å². The van der Waals surface area contributed by atoms with Crippen LogP contribution < -0.4 is 4.90 Å². The lowest BCUT2D eigenvalue weighted by atomic mass is 10.0. The smallest absolute Gasteiger partial charge is 0.117 e. The lowest BCUT2D eigenvalue weighted by Gasteiger charge is -2.29. The molecule has 2 aromatic carbocycles. The third-order valence-corrected chi connectivity index (χ3v) is 4.03. The van der Waals surface area contributed by atoms with E-state index in [1.165, 1.54) is 35.2 Å². The Kier molecular flexibility index (Phi) is 5.48. The first-order valence-electron chi connectivity index (χ1n) is 8.17. The molecular formula is C20H27NO. The quantitative estimate of drug-likeness (QED) is 0.697. The summed E-state index contributed by atoms with van der Waals surface area (Å²) < 4.78 is 0. The predicted molar refractivity (Wildman–Crippen MR) is 95.3 cm³/mol. The molecule has 0 atom stereocenters.